The van der Waals surface area contributed by atoms with E-state index < -0.39 is 12.1 Å². The molecule has 0 aromatic rings. The molecule has 0 radical (unpaired) electrons. The predicted octanol–water partition coefficient (Wildman–Crippen LogP) is 4.44. The summed E-state index contributed by atoms with van der Waals surface area (Å²) in [5, 5.41) is 2.59. The number of rotatable bonds is 13. The molecule has 1 unspecified atom stereocenters. The molecule has 136 valence electrons. The summed E-state index contributed by atoms with van der Waals surface area (Å²) in [4.78, 5) is 23.7. The number of hydrogen-bond donors (Lipinski definition) is 1. The van der Waals surface area contributed by atoms with Gasteiger partial charge in [-0.15, -0.1) is 0 Å². The molecule has 0 aromatic heterocycles. The molecule has 0 bridgehead atoms. The lowest BCUT2D eigenvalue weighted by Crippen LogP contribution is -2.45. The highest BCUT2D eigenvalue weighted by molar-refractivity contribution is 5.81. The molecule has 0 rings (SSSR count). The Hall–Kier alpha value is -1.26. The van der Waals surface area contributed by atoms with Crippen molar-refractivity contribution in [2.24, 2.45) is 5.92 Å². The van der Waals surface area contributed by atoms with Gasteiger partial charge < -0.3 is 14.8 Å². The molecule has 23 heavy (non-hydrogen) atoms. The van der Waals surface area contributed by atoms with E-state index in [0.29, 0.717) is 13.2 Å². The summed E-state index contributed by atoms with van der Waals surface area (Å²) in [6, 6.07) is -0.649. The number of ether oxygens (including phenoxy) is 2. The second-order valence-corrected chi connectivity index (χ2v) is 6.29. The monoisotopic (exact) mass is 329 g/mol. The summed E-state index contributed by atoms with van der Waals surface area (Å²) in [6.45, 7) is 8.64. The summed E-state index contributed by atoms with van der Waals surface area (Å²) in [5.41, 5.74) is 0. The van der Waals surface area contributed by atoms with Crippen LogP contribution in [-0.2, 0) is 14.3 Å². The molecular formula is C18H35NO4. The molecule has 0 heterocycles. The molecule has 1 N–H and O–H groups in total. The maximum atomic E-state index is 12.1. The van der Waals surface area contributed by atoms with E-state index in [4.69, 9.17) is 9.47 Å². The highest BCUT2D eigenvalue weighted by Crippen LogP contribution is 2.08. The molecule has 1 amide bonds. The Labute approximate surface area is 141 Å². The van der Waals surface area contributed by atoms with Crippen molar-refractivity contribution in [1.82, 2.24) is 5.32 Å². The number of nitrogens with one attached hydrogen (secondary N) is 1. The number of amides is 1. The van der Waals surface area contributed by atoms with E-state index in [1.54, 1.807) is 0 Å². The van der Waals surface area contributed by atoms with Crippen molar-refractivity contribution in [1.29, 1.82) is 0 Å². The van der Waals surface area contributed by atoms with Crippen molar-refractivity contribution >= 4 is 12.1 Å². The van der Waals surface area contributed by atoms with Crippen LogP contribution in [0.1, 0.15) is 79.1 Å². The van der Waals surface area contributed by atoms with Crippen LogP contribution in [0, 0.1) is 5.92 Å². The fraction of sp³-hybridized carbons (Fsp3) is 0.889. The normalized spacial score (nSPS) is 12.0. The zero-order chi connectivity index (χ0) is 17.5. The minimum Gasteiger partial charge on any atom is -0.464 e. The van der Waals surface area contributed by atoms with Crippen LogP contribution in [0.25, 0.3) is 0 Å². The van der Waals surface area contributed by atoms with Crippen LogP contribution in [0.15, 0.2) is 0 Å². The maximum Gasteiger partial charge on any atom is 0.407 e. The topological polar surface area (TPSA) is 64.6 Å². The molecule has 1 atom stereocenters. The quantitative estimate of drug-likeness (QED) is 0.401. The second-order valence-electron chi connectivity index (χ2n) is 6.29. The minimum atomic E-state index is -0.649. The Morgan fingerprint density at radius 1 is 0.826 bits per heavy atom. The molecule has 0 aliphatic carbocycles. The first kappa shape index (κ1) is 21.7. The standard InChI is InChI=1S/C18H35NO4/c1-5-7-8-9-10-11-12-14-22-17(20)16(15(3)4)19-18(21)23-13-6-2/h15-16H,5-14H2,1-4H3,(H,19,21). The summed E-state index contributed by atoms with van der Waals surface area (Å²) in [6.07, 6.45) is 8.43. The lowest BCUT2D eigenvalue weighted by molar-refractivity contribution is -0.147. The molecule has 5 nitrogen and oxygen atoms in total. The van der Waals surface area contributed by atoms with Crippen LogP contribution >= 0.6 is 0 Å². The molecule has 0 aromatic carbocycles. The first-order valence-corrected chi connectivity index (χ1v) is 9.12. The van der Waals surface area contributed by atoms with Gasteiger partial charge in [0.05, 0.1) is 13.2 Å². The van der Waals surface area contributed by atoms with E-state index in [2.05, 4.69) is 12.2 Å². The highest BCUT2D eigenvalue weighted by Gasteiger charge is 2.26. The number of esters is 1. The third-order valence-corrected chi connectivity index (χ3v) is 3.62. The number of unbranched alkanes of at least 4 members (excludes halogenated alkanes) is 6. The van der Waals surface area contributed by atoms with Crippen molar-refractivity contribution in [2.75, 3.05) is 13.2 Å². The lowest BCUT2D eigenvalue weighted by atomic mass is 10.1. The predicted molar refractivity (Wildman–Crippen MR) is 92.4 cm³/mol. The molecular weight excluding hydrogens is 294 g/mol. The number of hydrogen-bond acceptors (Lipinski definition) is 4. The Morgan fingerprint density at radius 3 is 2.00 bits per heavy atom. The van der Waals surface area contributed by atoms with Crippen LogP contribution in [-0.4, -0.2) is 31.3 Å². The third kappa shape index (κ3) is 11.9. The molecule has 0 aliphatic heterocycles. The van der Waals surface area contributed by atoms with Gasteiger partial charge in [-0.3, -0.25) is 0 Å². The number of alkyl carbamates (subject to hydrolysis) is 1. The Bertz CT molecular complexity index is 318. The number of carbonyl (C=O) groups excluding carboxylic acids is 2. The lowest BCUT2D eigenvalue weighted by Gasteiger charge is -2.20. The average Bonchev–Trinajstić information content (AvgIpc) is 2.52. The average molecular weight is 329 g/mol. The summed E-state index contributed by atoms with van der Waals surface area (Å²) < 4.78 is 10.2. The van der Waals surface area contributed by atoms with Crippen molar-refractivity contribution in [3.05, 3.63) is 0 Å². The second kappa shape index (κ2) is 14.3. The smallest absolute Gasteiger partial charge is 0.407 e. The molecule has 5 heteroatoms. The Morgan fingerprint density at radius 2 is 1.43 bits per heavy atom. The molecule has 0 saturated heterocycles. The van der Waals surface area contributed by atoms with Crippen molar-refractivity contribution < 1.29 is 19.1 Å². The first-order chi connectivity index (χ1) is 11.0. The van der Waals surface area contributed by atoms with E-state index in [1.165, 1.54) is 32.1 Å². The van der Waals surface area contributed by atoms with E-state index in [0.717, 1.165) is 19.3 Å². The van der Waals surface area contributed by atoms with Gasteiger partial charge in [0.15, 0.2) is 0 Å². The summed E-state index contributed by atoms with van der Waals surface area (Å²) >= 11 is 0. The third-order valence-electron chi connectivity index (χ3n) is 3.62. The van der Waals surface area contributed by atoms with Gasteiger partial charge in [0.1, 0.15) is 6.04 Å². The Balaban J connectivity index is 3.91. The van der Waals surface area contributed by atoms with Crippen LogP contribution in [0.3, 0.4) is 0 Å². The van der Waals surface area contributed by atoms with Crippen LogP contribution in [0.4, 0.5) is 4.79 Å². The molecule has 0 spiro atoms. The van der Waals surface area contributed by atoms with Gasteiger partial charge in [-0.1, -0.05) is 66.2 Å². The van der Waals surface area contributed by atoms with E-state index in [9.17, 15) is 9.59 Å². The van der Waals surface area contributed by atoms with Gasteiger partial charge >= 0.3 is 12.1 Å². The van der Waals surface area contributed by atoms with Gasteiger partial charge in [-0.2, -0.15) is 0 Å². The van der Waals surface area contributed by atoms with Gasteiger partial charge in [-0.25, -0.2) is 9.59 Å². The molecule has 0 fully saturated rings. The maximum absolute atomic E-state index is 12.1. The van der Waals surface area contributed by atoms with Crippen LogP contribution in [0.2, 0.25) is 0 Å². The van der Waals surface area contributed by atoms with Crippen LogP contribution in [0.5, 0.6) is 0 Å². The largest absolute Gasteiger partial charge is 0.464 e. The first-order valence-electron chi connectivity index (χ1n) is 9.12. The van der Waals surface area contributed by atoms with Gasteiger partial charge in [0.25, 0.3) is 0 Å². The zero-order valence-electron chi connectivity index (χ0n) is 15.4. The summed E-state index contributed by atoms with van der Waals surface area (Å²) in [5.74, 6) is -0.412. The fourth-order valence-electron chi connectivity index (χ4n) is 2.18. The molecule has 0 aliphatic rings. The van der Waals surface area contributed by atoms with E-state index in [1.807, 2.05) is 20.8 Å². The SMILES string of the molecule is CCCCCCCCCOC(=O)C(NC(=O)OCCC)C(C)C. The zero-order valence-corrected chi connectivity index (χ0v) is 15.4. The molecule has 0 saturated carbocycles. The van der Waals surface area contributed by atoms with Crippen molar-refractivity contribution in [2.45, 2.75) is 85.1 Å². The minimum absolute atomic E-state index is 0.0364. The van der Waals surface area contributed by atoms with Crippen LogP contribution < -0.4 is 5.32 Å². The number of carbonyl (C=O) groups is 2. The van der Waals surface area contributed by atoms with Gasteiger partial charge in [0.2, 0.25) is 0 Å². The fourth-order valence-corrected chi connectivity index (χ4v) is 2.18. The van der Waals surface area contributed by atoms with E-state index in [-0.39, 0.29) is 11.9 Å². The van der Waals surface area contributed by atoms with Gasteiger partial charge in [0, 0.05) is 0 Å². The van der Waals surface area contributed by atoms with Crippen molar-refractivity contribution in [3.63, 3.8) is 0 Å². The van der Waals surface area contributed by atoms with Crippen molar-refractivity contribution in [3.8, 4) is 0 Å². The van der Waals surface area contributed by atoms with E-state index >= 15 is 0 Å². The summed E-state index contributed by atoms with van der Waals surface area (Å²) in [7, 11) is 0. The van der Waals surface area contributed by atoms with Gasteiger partial charge in [-0.05, 0) is 18.8 Å². The highest BCUT2D eigenvalue weighted by atomic mass is 16.6. The Kier molecular flexibility index (Phi) is 13.6.